The second-order valence-electron chi connectivity index (χ2n) is 6.46. The first kappa shape index (κ1) is 16.9. The molecule has 0 saturated heterocycles. The maximum absolute atomic E-state index is 12.5. The van der Waals surface area contributed by atoms with E-state index in [2.05, 4.69) is 15.0 Å². The van der Waals surface area contributed by atoms with Gasteiger partial charge < -0.3 is 4.90 Å². The number of fused-ring (bicyclic) bond motifs is 3. The Labute approximate surface area is 166 Å². The second kappa shape index (κ2) is 7.09. The van der Waals surface area contributed by atoms with Crippen LogP contribution in [0.2, 0.25) is 0 Å². The van der Waals surface area contributed by atoms with Crippen LogP contribution in [0.15, 0.2) is 76.8 Å². The number of aromatic nitrogens is 2. The lowest BCUT2D eigenvalue weighted by Gasteiger charge is -2.25. The fourth-order valence-electron chi connectivity index (χ4n) is 3.33. The quantitative estimate of drug-likeness (QED) is 0.642. The summed E-state index contributed by atoms with van der Waals surface area (Å²) in [4.78, 5) is 24.1. The van der Waals surface area contributed by atoms with Crippen molar-refractivity contribution in [3.05, 3.63) is 78.0 Å². The Balaban J connectivity index is 1.47. The average Bonchev–Trinajstić information content (AvgIpc) is 3.40. The molecule has 7 heteroatoms. The van der Waals surface area contributed by atoms with E-state index in [0.717, 1.165) is 46.7 Å². The van der Waals surface area contributed by atoms with Crippen molar-refractivity contribution in [2.24, 2.45) is 9.98 Å². The van der Waals surface area contributed by atoms with Crippen molar-refractivity contribution >= 4 is 34.4 Å². The van der Waals surface area contributed by atoms with Gasteiger partial charge in [0.05, 0.1) is 29.7 Å². The second-order valence-corrected chi connectivity index (χ2v) is 7.40. The first-order valence-electron chi connectivity index (χ1n) is 9.07. The third kappa shape index (κ3) is 2.93. The number of carbonyl (C=O) groups is 1. The van der Waals surface area contributed by atoms with Gasteiger partial charge in [-0.25, -0.2) is 9.67 Å². The van der Waals surface area contributed by atoms with Crippen LogP contribution in [-0.2, 0) is 0 Å². The predicted molar refractivity (Wildman–Crippen MR) is 112 cm³/mol. The van der Waals surface area contributed by atoms with E-state index in [1.165, 1.54) is 11.8 Å². The molecule has 3 aromatic rings. The molecule has 0 aliphatic carbocycles. The maximum Gasteiger partial charge on any atom is 0.173 e. The van der Waals surface area contributed by atoms with Gasteiger partial charge in [0.2, 0.25) is 0 Å². The van der Waals surface area contributed by atoms with Gasteiger partial charge in [0.1, 0.15) is 5.84 Å². The molecule has 0 fully saturated rings. The number of ketones is 1. The lowest BCUT2D eigenvalue weighted by atomic mass is 10.2. The number of carbonyl (C=O) groups excluding carboxylic acids is 1. The Morgan fingerprint density at radius 2 is 1.79 bits per heavy atom. The van der Waals surface area contributed by atoms with Gasteiger partial charge in [-0.2, -0.15) is 5.10 Å². The Morgan fingerprint density at radius 1 is 1.04 bits per heavy atom. The molecule has 0 saturated carbocycles. The van der Waals surface area contributed by atoms with Crippen molar-refractivity contribution in [3.8, 4) is 5.69 Å². The molecular weight excluding hydrogens is 370 g/mol. The average molecular weight is 387 g/mol. The number of Topliss-reactive ketones (excluding diaryl/α,β-unsaturated/α-hetero) is 1. The van der Waals surface area contributed by atoms with E-state index in [0.29, 0.717) is 5.75 Å². The van der Waals surface area contributed by atoms with E-state index in [-0.39, 0.29) is 5.78 Å². The number of hydrogen-bond acceptors (Lipinski definition) is 6. The minimum Gasteiger partial charge on any atom is -0.303 e. The van der Waals surface area contributed by atoms with Crippen molar-refractivity contribution in [3.63, 3.8) is 0 Å². The minimum atomic E-state index is 0.0911. The van der Waals surface area contributed by atoms with Crippen LogP contribution < -0.4 is 0 Å². The van der Waals surface area contributed by atoms with Crippen molar-refractivity contribution in [1.82, 2.24) is 14.7 Å². The van der Waals surface area contributed by atoms with Gasteiger partial charge in [-0.15, -0.1) is 0 Å². The molecule has 0 radical (unpaired) electrons. The molecular formula is C21H17N5OS. The molecule has 0 atom stereocenters. The van der Waals surface area contributed by atoms with Crippen LogP contribution in [0.25, 0.3) is 5.69 Å². The van der Waals surface area contributed by atoms with E-state index < -0.39 is 0 Å². The highest BCUT2D eigenvalue weighted by atomic mass is 32.2. The molecule has 2 aliphatic rings. The fourth-order valence-corrected chi connectivity index (χ4v) is 4.24. The van der Waals surface area contributed by atoms with Gasteiger partial charge in [0, 0.05) is 12.1 Å². The van der Waals surface area contributed by atoms with Crippen LogP contribution in [0, 0.1) is 0 Å². The van der Waals surface area contributed by atoms with E-state index in [1.54, 1.807) is 0 Å². The zero-order valence-corrected chi connectivity index (χ0v) is 15.8. The van der Waals surface area contributed by atoms with Gasteiger partial charge in [-0.3, -0.25) is 9.79 Å². The summed E-state index contributed by atoms with van der Waals surface area (Å²) in [5, 5.41) is 5.33. The largest absolute Gasteiger partial charge is 0.303 e. The minimum absolute atomic E-state index is 0.0911. The first-order chi connectivity index (χ1) is 13.8. The van der Waals surface area contributed by atoms with Crippen molar-refractivity contribution in [2.45, 2.75) is 0 Å². The predicted octanol–water partition coefficient (Wildman–Crippen LogP) is 3.55. The van der Waals surface area contributed by atoms with Gasteiger partial charge in [-0.05, 0) is 12.1 Å². The molecule has 5 rings (SSSR count). The monoisotopic (exact) mass is 387 g/mol. The third-order valence-corrected chi connectivity index (χ3v) is 5.66. The number of para-hydroxylation sites is 1. The standard InChI is InChI=1S/C21H17N5OS/c27-18(15-7-3-1-4-8-15)14-28-21-24-20-17(19-22-11-12-25(19)21)13-23-26(20)16-9-5-2-6-10-16/h1-10,13H,11-12,14H2. The van der Waals surface area contributed by atoms with E-state index in [1.807, 2.05) is 71.5 Å². The van der Waals surface area contributed by atoms with Gasteiger partial charge in [0.25, 0.3) is 0 Å². The molecule has 0 unspecified atom stereocenters. The highest BCUT2D eigenvalue weighted by Gasteiger charge is 2.32. The molecule has 0 spiro atoms. The molecule has 0 amide bonds. The molecule has 2 aromatic carbocycles. The summed E-state index contributed by atoms with van der Waals surface area (Å²) >= 11 is 1.45. The van der Waals surface area contributed by atoms with Crippen LogP contribution in [0.5, 0.6) is 0 Å². The van der Waals surface area contributed by atoms with E-state index in [4.69, 9.17) is 4.99 Å². The molecule has 1 aromatic heterocycles. The Hall–Kier alpha value is -3.19. The zero-order valence-electron chi connectivity index (χ0n) is 15.0. The van der Waals surface area contributed by atoms with Crippen LogP contribution in [0.4, 0.5) is 5.82 Å². The number of aliphatic imine (C=N–C) groups is 2. The number of rotatable bonds is 4. The van der Waals surface area contributed by atoms with Gasteiger partial charge in [-0.1, -0.05) is 60.3 Å². The number of nitrogens with zero attached hydrogens (tertiary/aromatic N) is 5. The lowest BCUT2D eigenvalue weighted by molar-refractivity contribution is 0.102. The summed E-state index contributed by atoms with van der Waals surface area (Å²) < 4.78 is 1.83. The van der Waals surface area contributed by atoms with E-state index >= 15 is 0 Å². The van der Waals surface area contributed by atoms with E-state index in [9.17, 15) is 4.79 Å². The van der Waals surface area contributed by atoms with Gasteiger partial charge in [0.15, 0.2) is 16.8 Å². The smallest absolute Gasteiger partial charge is 0.173 e. The molecule has 138 valence electrons. The van der Waals surface area contributed by atoms with Gasteiger partial charge >= 0.3 is 0 Å². The van der Waals surface area contributed by atoms with Crippen LogP contribution in [0.1, 0.15) is 15.9 Å². The van der Waals surface area contributed by atoms with Crippen molar-refractivity contribution < 1.29 is 4.79 Å². The SMILES string of the molecule is O=C(CSC1=Nc2c(cnn2-c2ccccc2)C2=NCCN12)c1ccccc1. The number of amidine groups is 2. The summed E-state index contributed by atoms with van der Waals surface area (Å²) in [5.41, 5.74) is 2.60. The Morgan fingerprint density at radius 3 is 2.57 bits per heavy atom. The summed E-state index contributed by atoms with van der Waals surface area (Å²) in [6.45, 7) is 1.49. The summed E-state index contributed by atoms with van der Waals surface area (Å²) in [7, 11) is 0. The molecule has 28 heavy (non-hydrogen) atoms. The topological polar surface area (TPSA) is 62.9 Å². The summed E-state index contributed by atoms with van der Waals surface area (Å²) in [5.74, 6) is 2.08. The van der Waals surface area contributed by atoms with Crippen LogP contribution >= 0.6 is 11.8 Å². The summed E-state index contributed by atoms with van der Waals surface area (Å²) in [6.07, 6.45) is 1.82. The highest BCUT2D eigenvalue weighted by molar-refractivity contribution is 8.14. The maximum atomic E-state index is 12.5. The van der Waals surface area contributed by atoms with Crippen molar-refractivity contribution in [1.29, 1.82) is 0 Å². The Kier molecular flexibility index (Phi) is 4.29. The highest BCUT2D eigenvalue weighted by Crippen LogP contribution is 2.33. The number of hydrogen-bond donors (Lipinski definition) is 0. The third-order valence-electron chi connectivity index (χ3n) is 4.69. The van der Waals surface area contributed by atoms with Crippen LogP contribution in [0.3, 0.4) is 0 Å². The molecule has 0 bridgehead atoms. The normalized spacial score (nSPS) is 14.9. The first-order valence-corrected chi connectivity index (χ1v) is 10.1. The molecule has 3 heterocycles. The zero-order chi connectivity index (χ0) is 18.9. The lowest BCUT2D eigenvalue weighted by Crippen LogP contribution is -2.35. The van der Waals surface area contributed by atoms with Crippen LogP contribution in [-0.4, -0.2) is 50.3 Å². The summed E-state index contributed by atoms with van der Waals surface area (Å²) in [6, 6.07) is 19.3. The molecule has 6 nitrogen and oxygen atoms in total. The fraction of sp³-hybridized carbons (Fsp3) is 0.143. The molecule has 2 aliphatic heterocycles. The number of thioether (sulfide) groups is 1. The van der Waals surface area contributed by atoms with Crippen molar-refractivity contribution in [2.75, 3.05) is 18.8 Å². The Bertz CT molecular complexity index is 1090. The molecule has 0 N–H and O–H groups in total. The number of benzene rings is 2.